The number of hydrogen-bond donors (Lipinski definition) is 1. The van der Waals surface area contributed by atoms with E-state index in [0.29, 0.717) is 13.2 Å². The molecule has 4 nitrogen and oxygen atoms in total. The van der Waals surface area contributed by atoms with Gasteiger partial charge in [0.05, 0.1) is 12.0 Å². The summed E-state index contributed by atoms with van der Waals surface area (Å²) in [7, 11) is 0. The molecule has 1 heterocycles. The molecule has 4 rings (SSSR count). The van der Waals surface area contributed by atoms with Crippen LogP contribution in [-0.4, -0.2) is 25.2 Å². The number of esters is 1. The van der Waals surface area contributed by atoms with E-state index in [1.165, 1.54) is 0 Å². The van der Waals surface area contributed by atoms with Gasteiger partial charge in [-0.1, -0.05) is 48.6 Å². The normalized spacial score (nSPS) is 27.9. The molecule has 1 fully saturated rings. The van der Waals surface area contributed by atoms with E-state index in [1.807, 2.05) is 36.4 Å². The second-order valence-electron chi connectivity index (χ2n) is 6.38. The molecule has 2 aliphatic carbocycles. The Labute approximate surface area is 141 Å². The van der Waals surface area contributed by atoms with E-state index in [9.17, 15) is 4.79 Å². The quantitative estimate of drug-likeness (QED) is 0.869. The molecule has 4 heteroatoms. The predicted molar refractivity (Wildman–Crippen MR) is 90.9 cm³/mol. The van der Waals surface area contributed by atoms with Crippen LogP contribution in [0, 0.1) is 11.8 Å². The Bertz CT molecular complexity index is 705. The van der Waals surface area contributed by atoms with Crippen LogP contribution in [0.3, 0.4) is 0 Å². The van der Waals surface area contributed by atoms with Crippen LogP contribution in [0.2, 0.25) is 0 Å². The van der Waals surface area contributed by atoms with Crippen molar-refractivity contribution in [2.24, 2.45) is 11.8 Å². The van der Waals surface area contributed by atoms with E-state index < -0.39 is 0 Å². The number of allylic oxidation sites excluding steroid dienone is 5. The van der Waals surface area contributed by atoms with Crippen LogP contribution in [0.25, 0.3) is 0 Å². The van der Waals surface area contributed by atoms with Gasteiger partial charge in [0.25, 0.3) is 0 Å². The zero-order chi connectivity index (χ0) is 16.4. The van der Waals surface area contributed by atoms with Crippen LogP contribution in [0.5, 0.6) is 0 Å². The fraction of sp³-hybridized carbons (Fsp3) is 0.350. The van der Waals surface area contributed by atoms with Gasteiger partial charge in [0.1, 0.15) is 19.0 Å². The van der Waals surface area contributed by atoms with Crippen molar-refractivity contribution in [1.29, 1.82) is 0 Å². The highest BCUT2D eigenvalue weighted by atomic mass is 16.5. The van der Waals surface area contributed by atoms with E-state index in [0.717, 1.165) is 29.9 Å². The van der Waals surface area contributed by atoms with E-state index in [4.69, 9.17) is 9.47 Å². The zero-order valence-corrected chi connectivity index (χ0v) is 13.5. The van der Waals surface area contributed by atoms with Crippen molar-refractivity contribution < 1.29 is 14.3 Å². The van der Waals surface area contributed by atoms with Gasteiger partial charge in [0.15, 0.2) is 0 Å². The molecule has 124 valence electrons. The largest absolute Gasteiger partial charge is 0.495 e. The molecule has 3 aliphatic rings. The fourth-order valence-electron chi connectivity index (χ4n) is 3.70. The molecular weight excluding hydrogens is 302 g/mol. The lowest BCUT2D eigenvalue weighted by molar-refractivity contribution is -0.153. The van der Waals surface area contributed by atoms with Crippen molar-refractivity contribution in [3.05, 3.63) is 71.5 Å². The topological polar surface area (TPSA) is 47.6 Å². The van der Waals surface area contributed by atoms with Gasteiger partial charge in [-0.05, 0) is 23.6 Å². The van der Waals surface area contributed by atoms with Crippen LogP contribution in [0.4, 0.5) is 0 Å². The highest BCUT2D eigenvalue weighted by Gasteiger charge is 2.44. The zero-order valence-electron chi connectivity index (χ0n) is 13.5. The van der Waals surface area contributed by atoms with Gasteiger partial charge in [0.2, 0.25) is 0 Å². The number of benzene rings is 1. The van der Waals surface area contributed by atoms with Gasteiger partial charge < -0.3 is 14.8 Å². The van der Waals surface area contributed by atoms with Gasteiger partial charge in [-0.25, -0.2) is 0 Å². The van der Waals surface area contributed by atoms with E-state index >= 15 is 0 Å². The summed E-state index contributed by atoms with van der Waals surface area (Å²) >= 11 is 0. The number of morpholine rings is 1. The summed E-state index contributed by atoms with van der Waals surface area (Å²) in [5, 5.41) is 3.44. The van der Waals surface area contributed by atoms with Gasteiger partial charge in [-0.15, -0.1) is 0 Å². The molecule has 24 heavy (non-hydrogen) atoms. The second kappa shape index (κ2) is 6.65. The molecule has 3 atom stereocenters. The number of nitrogens with one attached hydrogen (secondary N) is 1. The first-order valence-electron chi connectivity index (χ1n) is 8.48. The third-order valence-electron chi connectivity index (χ3n) is 4.88. The first-order chi connectivity index (χ1) is 11.8. The lowest BCUT2D eigenvalue weighted by Crippen LogP contribution is -2.52. The second-order valence-corrected chi connectivity index (χ2v) is 6.38. The molecule has 0 saturated carbocycles. The van der Waals surface area contributed by atoms with E-state index in [-0.39, 0.29) is 23.8 Å². The maximum Gasteiger partial charge on any atom is 0.311 e. The first kappa shape index (κ1) is 15.2. The third kappa shape index (κ3) is 2.89. The summed E-state index contributed by atoms with van der Waals surface area (Å²) in [6, 6.07) is 9.71. The van der Waals surface area contributed by atoms with Crippen LogP contribution >= 0.6 is 0 Å². The summed E-state index contributed by atoms with van der Waals surface area (Å²) in [4.78, 5) is 12.9. The van der Waals surface area contributed by atoms with Gasteiger partial charge in [-0.2, -0.15) is 0 Å². The van der Waals surface area contributed by atoms with Crippen molar-refractivity contribution in [2.75, 3.05) is 13.2 Å². The minimum atomic E-state index is -0.245. The standard InChI is InChI=1S/C20H21NO3/c22-20(24-13-14-6-2-1-3-7-14)18-16-9-5-4-8-15(16)12-17-19(18)21-10-11-23-17/h1-8,12,16,18-19,21H,9-11,13H2. The molecule has 0 aromatic heterocycles. The van der Waals surface area contributed by atoms with Crippen molar-refractivity contribution in [1.82, 2.24) is 5.32 Å². The van der Waals surface area contributed by atoms with E-state index in [1.54, 1.807) is 0 Å². The number of ether oxygens (including phenoxy) is 2. The number of carbonyl (C=O) groups is 1. The van der Waals surface area contributed by atoms with Crippen molar-refractivity contribution in [2.45, 2.75) is 19.1 Å². The Kier molecular flexibility index (Phi) is 4.22. The molecule has 3 unspecified atom stereocenters. The van der Waals surface area contributed by atoms with Crippen LogP contribution in [-0.2, 0) is 20.9 Å². The maximum atomic E-state index is 12.9. The minimum absolute atomic E-state index is 0.0873. The summed E-state index contributed by atoms with van der Waals surface area (Å²) in [6.07, 6.45) is 9.19. The number of fused-ring (bicyclic) bond motifs is 2. The Morgan fingerprint density at radius 2 is 2.17 bits per heavy atom. The monoisotopic (exact) mass is 323 g/mol. The number of carbonyl (C=O) groups excluding carboxylic acids is 1. The van der Waals surface area contributed by atoms with Crippen molar-refractivity contribution >= 4 is 5.97 Å². The van der Waals surface area contributed by atoms with Crippen molar-refractivity contribution in [3.63, 3.8) is 0 Å². The molecule has 1 aromatic rings. The molecular formula is C20H21NO3. The van der Waals surface area contributed by atoms with Crippen LogP contribution in [0.15, 0.2) is 66.0 Å². The molecule has 0 amide bonds. The lowest BCUT2D eigenvalue weighted by Gasteiger charge is -2.41. The molecule has 1 N–H and O–H groups in total. The summed E-state index contributed by atoms with van der Waals surface area (Å²) in [6.45, 7) is 1.71. The third-order valence-corrected chi connectivity index (χ3v) is 4.88. The molecule has 0 spiro atoms. The van der Waals surface area contributed by atoms with E-state index in [2.05, 4.69) is 23.5 Å². The molecule has 1 aromatic carbocycles. The average molecular weight is 323 g/mol. The van der Waals surface area contributed by atoms with Crippen LogP contribution < -0.4 is 5.32 Å². The van der Waals surface area contributed by atoms with Gasteiger partial charge in [0, 0.05) is 12.5 Å². The fourth-order valence-corrected chi connectivity index (χ4v) is 3.70. The highest BCUT2D eigenvalue weighted by molar-refractivity contribution is 5.76. The summed E-state index contributed by atoms with van der Waals surface area (Å²) in [5.74, 6) is 0.616. The summed E-state index contributed by atoms with van der Waals surface area (Å²) < 4.78 is 11.5. The number of hydrogen-bond acceptors (Lipinski definition) is 4. The van der Waals surface area contributed by atoms with Gasteiger partial charge in [-0.3, -0.25) is 4.79 Å². The average Bonchev–Trinajstić information content (AvgIpc) is 2.65. The lowest BCUT2D eigenvalue weighted by atomic mass is 9.72. The highest BCUT2D eigenvalue weighted by Crippen LogP contribution is 2.40. The first-order valence-corrected chi connectivity index (χ1v) is 8.48. The number of rotatable bonds is 3. The molecule has 1 saturated heterocycles. The smallest absolute Gasteiger partial charge is 0.311 e. The SMILES string of the molecule is O=C(OCc1ccccc1)C1C2CC=CC=C2C=C2OCCNC21. The molecule has 1 aliphatic heterocycles. The summed E-state index contributed by atoms with van der Waals surface area (Å²) in [5.41, 5.74) is 2.17. The predicted octanol–water partition coefficient (Wildman–Crippen LogP) is 2.73. The Morgan fingerprint density at radius 3 is 3.04 bits per heavy atom. The van der Waals surface area contributed by atoms with Crippen LogP contribution in [0.1, 0.15) is 12.0 Å². The van der Waals surface area contributed by atoms with Gasteiger partial charge >= 0.3 is 5.97 Å². The Balaban J connectivity index is 1.55. The molecule has 0 bridgehead atoms. The maximum absolute atomic E-state index is 12.9. The molecule has 0 radical (unpaired) electrons. The Morgan fingerprint density at radius 1 is 1.29 bits per heavy atom. The Hall–Kier alpha value is -2.33. The van der Waals surface area contributed by atoms with Crippen molar-refractivity contribution in [3.8, 4) is 0 Å². The minimum Gasteiger partial charge on any atom is -0.495 e.